The third-order valence-electron chi connectivity index (χ3n) is 8.57. The van der Waals surface area contributed by atoms with Crippen LogP contribution < -0.4 is 5.32 Å². The van der Waals surface area contributed by atoms with Crippen LogP contribution in [0.2, 0.25) is 0 Å². The lowest BCUT2D eigenvalue weighted by atomic mass is 9.92. The zero-order chi connectivity index (χ0) is 28.8. The van der Waals surface area contributed by atoms with Gasteiger partial charge in [0, 0.05) is 52.5 Å². The van der Waals surface area contributed by atoms with Gasteiger partial charge < -0.3 is 24.6 Å². The van der Waals surface area contributed by atoms with Gasteiger partial charge in [-0.3, -0.25) is 9.59 Å². The van der Waals surface area contributed by atoms with Gasteiger partial charge in [0.2, 0.25) is 5.91 Å². The van der Waals surface area contributed by atoms with E-state index in [2.05, 4.69) is 47.7 Å². The van der Waals surface area contributed by atoms with Crippen molar-refractivity contribution >= 4 is 11.8 Å². The molecule has 3 heterocycles. The van der Waals surface area contributed by atoms with E-state index in [0.717, 1.165) is 37.1 Å². The van der Waals surface area contributed by atoms with E-state index in [9.17, 15) is 9.59 Å². The average molecular weight is 567 g/mol. The summed E-state index contributed by atoms with van der Waals surface area (Å²) in [4.78, 5) is 31.5. The number of ether oxygens (including phenoxy) is 2. The maximum Gasteiger partial charge on any atom is 0.276 e. The summed E-state index contributed by atoms with van der Waals surface area (Å²) in [5, 5.41) is 12.5. The zero-order valence-electron chi connectivity index (χ0n) is 24.9. The number of hydrogen-bond acceptors (Lipinski definition) is 7. The normalized spacial score (nSPS) is 20.8. The fraction of sp³-hybridized carbons (Fsp3) is 0.677. The maximum absolute atomic E-state index is 14.3. The van der Waals surface area contributed by atoms with Crippen LogP contribution in [0.15, 0.2) is 18.2 Å². The first kappa shape index (κ1) is 29.7. The van der Waals surface area contributed by atoms with Crippen molar-refractivity contribution in [2.45, 2.75) is 64.8 Å². The molecule has 10 heteroatoms. The molecule has 0 saturated carbocycles. The number of methoxy groups -OCH3 is 1. The van der Waals surface area contributed by atoms with Gasteiger partial charge in [0.1, 0.15) is 0 Å². The number of aryl methyl sites for hydroxylation is 2. The Morgan fingerprint density at radius 1 is 1.15 bits per heavy atom. The molecule has 2 saturated heterocycles. The highest BCUT2D eigenvalue weighted by atomic mass is 16.5. The predicted molar refractivity (Wildman–Crippen MR) is 156 cm³/mol. The molecule has 2 amide bonds. The van der Waals surface area contributed by atoms with Crippen molar-refractivity contribution in [3.63, 3.8) is 0 Å². The molecule has 0 bridgehead atoms. The van der Waals surface area contributed by atoms with Gasteiger partial charge in [-0.15, -0.1) is 5.10 Å². The van der Waals surface area contributed by atoms with E-state index < -0.39 is 0 Å². The Balaban J connectivity index is 1.41. The summed E-state index contributed by atoms with van der Waals surface area (Å²) in [5.74, 6) is 0.166. The van der Waals surface area contributed by atoms with Gasteiger partial charge in [0.15, 0.2) is 5.69 Å². The monoisotopic (exact) mass is 566 g/mol. The zero-order valence-corrected chi connectivity index (χ0v) is 24.9. The van der Waals surface area contributed by atoms with E-state index in [1.165, 1.54) is 17.5 Å². The molecule has 3 aliphatic rings. The quantitative estimate of drug-likeness (QED) is 0.418. The highest BCUT2D eigenvalue weighted by molar-refractivity contribution is 5.94. The lowest BCUT2D eigenvalue weighted by molar-refractivity contribution is -0.140. The Labute approximate surface area is 243 Å². The smallest absolute Gasteiger partial charge is 0.276 e. The summed E-state index contributed by atoms with van der Waals surface area (Å²) >= 11 is 0. The van der Waals surface area contributed by atoms with Crippen LogP contribution in [0, 0.1) is 11.8 Å². The lowest BCUT2D eigenvalue weighted by Crippen LogP contribution is -2.56. The van der Waals surface area contributed by atoms with Crippen LogP contribution in [0.25, 0.3) is 5.69 Å². The van der Waals surface area contributed by atoms with Gasteiger partial charge in [-0.2, -0.15) is 0 Å². The first-order valence-electron chi connectivity index (χ1n) is 15.4. The van der Waals surface area contributed by atoms with E-state index in [1.54, 1.807) is 7.11 Å². The third-order valence-corrected chi connectivity index (χ3v) is 8.57. The number of nitrogens with one attached hydrogen (secondary N) is 1. The van der Waals surface area contributed by atoms with Crippen LogP contribution in [-0.2, 0) is 33.5 Å². The second kappa shape index (κ2) is 13.9. The maximum atomic E-state index is 14.3. The second-order valence-electron chi connectivity index (χ2n) is 12.1. The molecule has 2 aliphatic heterocycles. The van der Waals surface area contributed by atoms with Crippen molar-refractivity contribution in [1.29, 1.82) is 0 Å². The van der Waals surface area contributed by atoms with Crippen molar-refractivity contribution in [3.05, 3.63) is 40.7 Å². The molecule has 0 spiro atoms. The van der Waals surface area contributed by atoms with E-state index in [4.69, 9.17) is 9.47 Å². The lowest BCUT2D eigenvalue weighted by Gasteiger charge is -2.40. The molecule has 2 atom stereocenters. The number of benzene rings is 1. The topological polar surface area (TPSA) is 102 Å². The Morgan fingerprint density at radius 2 is 1.95 bits per heavy atom. The molecular weight excluding hydrogens is 520 g/mol. The molecule has 41 heavy (non-hydrogen) atoms. The number of unbranched alkanes of at least 4 members (excludes halogenated alkanes) is 1. The van der Waals surface area contributed by atoms with Gasteiger partial charge in [-0.1, -0.05) is 25.1 Å². The number of fused-ring (bicyclic) bond motifs is 1. The highest BCUT2D eigenvalue weighted by Crippen LogP contribution is 2.27. The molecule has 1 aromatic heterocycles. The number of rotatable bonds is 11. The van der Waals surface area contributed by atoms with Crippen molar-refractivity contribution in [1.82, 2.24) is 30.1 Å². The molecule has 0 radical (unpaired) electrons. The number of piperidine rings is 1. The van der Waals surface area contributed by atoms with Crippen LogP contribution >= 0.6 is 0 Å². The van der Waals surface area contributed by atoms with E-state index in [-0.39, 0.29) is 29.7 Å². The van der Waals surface area contributed by atoms with Gasteiger partial charge in [0.25, 0.3) is 5.91 Å². The molecule has 10 nitrogen and oxygen atoms in total. The minimum absolute atomic E-state index is 0.0971. The number of morpholine rings is 1. The molecule has 1 aliphatic carbocycles. The van der Waals surface area contributed by atoms with Crippen molar-refractivity contribution in [2.75, 3.05) is 59.7 Å². The number of hydrogen-bond donors (Lipinski definition) is 1. The summed E-state index contributed by atoms with van der Waals surface area (Å²) < 4.78 is 12.6. The average Bonchev–Trinajstić information content (AvgIpc) is 3.64. The minimum Gasteiger partial charge on any atom is -0.385 e. The summed E-state index contributed by atoms with van der Waals surface area (Å²) in [6, 6.07) is 6.41. The van der Waals surface area contributed by atoms with Crippen LogP contribution in [0.1, 0.15) is 66.8 Å². The first-order chi connectivity index (χ1) is 20.0. The van der Waals surface area contributed by atoms with Crippen LogP contribution in [0.5, 0.6) is 0 Å². The third kappa shape index (κ3) is 6.98. The Bertz CT molecular complexity index is 1190. The molecule has 1 N–H and O–H groups in total. The fourth-order valence-electron chi connectivity index (χ4n) is 6.44. The van der Waals surface area contributed by atoms with Crippen LogP contribution in [0.4, 0.5) is 0 Å². The number of carbonyl (C=O) groups excluding carboxylic acids is 2. The van der Waals surface area contributed by atoms with Crippen molar-refractivity contribution in [2.24, 2.45) is 11.8 Å². The van der Waals surface area contributed by atoms with Crippen molar-refractivity contribution in [3.8, 4) is 5.69 Å². The molecular formula is C31H46N6O4. The predicted octanol–water partition coefficient (Wildman–Crippen LogP) is 2.66. The largest absolute Gasteiger partial charge is 0.385 e. The molecule has 5 rings (SSSR count). The number of aromatic nitrogens is 3. The van der Waals surface area contributed by atoms with Gasteiger partial charge >= 0.3 is 0 Å². The van der Waals surface area contributed by atoms with Gasteiger partial charge in [-0.05, 0) is 74.1 Å². The number of carbonyl (C=O) groups is 2. The van der Waals surface area contributed by atoms with E-state index >= 15 is 0 Å². The van der Waals surface area contributed by atoms with Gasteiger partial charge in [0.05, 0.1) is 30.5 Å². The minimum atomic E-state index is -0.162. The van der Waals surface area contributed by atoms with Gasteiger partial charge in [-0.25, -0.2) is 4.68 Å². The molecule has 2 aromatic rings. The summed E-state index contributed by atoms with van der Waals surface area (Å²) in [6.45, 7) is 9.25. The second-order valence-corrected chi connectivity index (χ2v) is 12.1. The highest BCUT2D eigenvalue weighted by Gasteiger charge is 2.37. The summed E-state index contributed by atoms with van der Waals surface area (Å²) in [6.07, 6.45) is 6.47. The van der Waals surface area contributed by atoms with E-state index in [0.29, 0.717) is 71.1 Å². The van der Waals surface area contributed by atoms with E-state index in [1.807, 2.05) is 14.5 Å². The molecule has 0 unspecified atom stereocenters. The molecule has 224 valence electrons. The summed E-state index contributed by atoms with van der Waals surface area (Å²) in [5.41, 5.74) is 5.00. The van der Waals surface area contributed by atoms with Crippen molar-refractivity contribution < 1.29 is 19.1 Å². The molecule has 2 fully saturated rings. The Kier molecular flexibility index (Phi) is 10.1. The molecule has 1 aromatic carbocycles. The van der Waals surface area contributed by atoms with Crippen LogP contribution in [-0.4, -0.2) is 102 Å². The SMILES string of the molecule is COCCCCc1c(C(=O)N(CC(C)C)[C@@H]2CNC[C@H](C(=O)N3CCOCC3)C2)nnn1-c1ccc2c(c1)CCC2. The first-order valence-corrected chi connectivity index (χ1v) is 15.4. The summed E-state index contributed by atoms with van der Waals surface area (Å²) in [7, 11) is 1.71. The number of amides is 2. The fourth-order valence-corrected chi connectivity index (χ4v) is 6.44. The Hall–Kier alpha value is -2.82. The standard InChI is InChI=1S/C31H46N6O4/c1-22(2)21-36(27-18-25(19-32-20-27)30(38)35-12-15-41-16-13-35)31(39)29-28(9-4-5-14-40-3)37(34-33-29)26-11-10-23-7-6-8-24(23)17-26/h10-11,17,22,25,27,32H,4-9,12-16,18-21H2,1-3H3/t25-,27+/m1/s1. The Morgan fingerprint density at radius 3 is 2.73 bits per heavy atom. The van der Waals surface area contributed by atoms with Crippen LogP contribution in [0.3, 0.4) is 0 Å². The number of nitrogens with zero attached hydrogens (tertiary/aromatic N) is 5.